The average Bonchev–Trinajstić information content (AvgIpc) is 2.86. The van der Waals surface area contributed by atoms with Crippen LogP contribution in [0.25, 0.3) is 0 Å². The third-order valence-electron chi connectivity index (χ3n) is 4.60. The highest BCUT2D eigenvalue weighted by Gasteiger charge is 2.21. The van der Waals surface area contributed by atoms with Crippen LogP contribution in [0.4, 0.5) is 5.69 Å². The van der Waals surface area contributed by atoms with Crippen molar-refractivity contribution in [3.63, 3.8) is 0 Å². The highest BCUT2D eigenvalue weighted by Crippen LogP contribution is 2.27. The molecule has 3 heteroatoms. The fourth-order valence-corrected chi connectivity index (χ4v) is 3.44. The molecular weight excluding hydrogens is 234 g/mol. The van der Waals surface area contributed by atoms with E-state index >= 15 is 0 Å². The predicted octanol–water partition coefficient (Wildman–Crippen LogP) is 1.85. The van der Waals surface area contributed by atoms with Crippen molar-refractivity contribution in [2.45, 2.75) is 25.8 Å². The highest BCUT2D eigenvalue weighted by molar-refractivity contribution is 5.56. The summed E-state index contributed by atoms with van der Waals surface area (Å²) in [6, 6.07) is 7.03. The van der Waals surface area contributed by atoms with Gasteiger partial charge in [-0.3, -0.25) is 4.90 Å². The van der Waals surface area contributed by atoms with Crippen molar-refractivity contribution in [3.8, 4) is 0 Å². The van der Waals surface area contributed by atoms with Gasteiger partial charge in [-0.2, -0.15) is 0 Å². The number of aryl methyl sites for hydroxylation is 1. The average molecular weight is 259 g/mol. The summed E-state index contributed by atoms with van der Waals surface area (Å²) in [5, 5.41) is 0. The molecule has 1 aromatic rings. The van der Waals surface area contributed by atoms with Gasteiger partial charge >= 0.3 is 0 Å². The molecule has 3 nitrogen and oxygen atoms in total. The molecule has 1 aromatic carbocycles. The van der Waals surface area contributed by atoms with Gasteiger partial charge < -0.3 is 10.6 Å². The van der Waals surface area contributed by atoms with Crippen molar-refractivity contribution in [1.29, 1.82) is 0 Å². The number of nitrogens with two attached hydrogens (primary N) is 1. The zero-order valence-corrected chi connectivity index (χ0v) is 11.9. The molecule has 0 aromatic heterocycles. The Balaban J connectivity index is 1.69. The van der Waals surface area contributed by atoms with Gasteiger partial charge in [-0.25, -0.2) is 0 Å². The normalized spacial score (nSPS) is 23.7. The summed E-state index contributed by atoms with van der Waals surface area (Å²) < 4.78 is 0. The van der Waals surface area contributed by atoms with Crippen LogP contribution in [0.3, 0.4) is 0 Å². The van der Waals surface area contributed by atoms with Gasteiger partial charge in [-0.1, -0.05) is 12.1 Å². The molecule has 1 atom stereocenters. The number of hydrogen-bond acceptors (Lipinski definition) is 3. The van der Waals surface area contributed by atoms with Gasteiger partial charge in [0.15, 0.2) is 0 Å². The molecule has 0 spiro atoms. The highest BCUT2D eigenvalue weighted by atomic mass is 15.1. The maximum Gasteiger partial charge on any atom is 0.0396 e. The molecule has 0 bridgehead atoms. The van der Waals surface area contributed by atoms with Crippen molar-refractivity contribution >= 4 is 5.69 Å². The second-order valence-electron chi connectivity index (χ2n) is 6.11. The summed E-state index contributed by atoms with van der Waals surface area (Å²) >= 11 is 0. The van der Waals surface area contributed by atoms with Crippen molar-refractivity contribution in [1.82, 2.24) is 4.90 Å². The number of rotatable bonds is 3. The molecule has 1 saturated heterocycles. The summed E-state index contributed by atoms with van der Waals surface area (Å²) in [5.74, 6) is 0.712. The van der Waals surface area contributed by atoms with Crippen molar-refractivity contribution < 1.29 is 0 Å². The van der Waals surface area contributed by atoms with E-state index in [1.807, 2.05) is 0 Å². The van der Waals surface area contributed by atoms with Crippen LogP contribution in [0.5, 0.6) is 0 Å². The zero-order valence-electron chi connectivity index (χ0n) is 11.9. The first-order valence-electron chi connectivity index (χ1n) is 7.51. The second kappa shape index (κ2) is 5.51. The second-order valence-corrected chi connectivity index (χ2v) is 6.11. The van der Waals surface area contributed by atoms with Crippen molar-refractivity contribution in [2.75, 3.05) is 38.1 Å². The molecule has 1 unspecified atom stereocenters. The summed E-state index contributed by atoms with van der Waals surface area (Å²) in [6.45, 7) is 5.50. The van der Waals surface area contributed by atoms with Crippen molar-refractivity contribution in [2.24, 2.45) is 11.7 Å². The van der Waals surface area contributed by atoms with Gasteiger partial charge in [0, 0.05) is 32.4 Å². The van der Waals surface area contributed by atoms with E-state index in [0.29, 0.717) is 5.92 Å². The molecular formula is C16H25N3. The third-order valence-corrected chi connectivity index (χ3v) is 4.60. The van der Waals surface area contributed by atoms with E-state index in [0.717, 1.165) is 13.1 Å². The Bertz CT molecular complexity index is 444. The van der Waals surface area contributed by atoms with Gasteiger partial charge in [0.2, 0.25) is 0 Å². The molecule has 2 aliphatic rings. The van der Waals surface area contributed by atoms with Crippen molar-refractivity contribution in [3.05, 3.63) is 29.3 Å². The Morgan fingerprint density at radius 1 is 1.32 bits per heavy atom. The first-order valence-corrected chi connectivity index (χ1v) is 7.51. The lowest BCUT2D eigenvalue weighted by Gasteiger charge is -2.28. The zero-order chi connectivity index (χ0) is 13.2. The summed E-state index contributed by atoms with van der Waals surface area (Å²) in [6.07, 6.45) is 3.79. The Hall–Kier alpha value is -1.06. The number of anilines is 1. The monoisotopic (exact) mass is 259 g/mol. The minimum atomic E-state index is 0.712. The minimum absolute atomic E-state index is 0.712. The van der Waals surface area contributed by atoms with E-state index in [9.17, 15) is 0 Å². The lowest BCUT2D eigenvalue weighted by molar-refractivity contribution is 0.318. The smallest absolute Gasteiger partial charge is 0.0396 e. The molecule has 0 saturated carbocycles. The number of hydrogen-bond donors (Lipinski definition) is 1. The van der Waals surface area contributed by atoms with Gasteiger partial charge in [0.05, 0.1) is 0 Å². The number of fused-ring (bicyclic) bond motifs is 1. The van der Waals surface area contributed by atoms with Crippen LogP contribution in [0, 0.1) is 5.92 Å². The molecule has 0 amide bonds. The first kappa shape index (κ1) is 12.9. The maximum absolute atomic E-state index is 5.76. The molecule has 19 heavy (non-hydrogen) atoms. The van der Waals surface area contributed by atoms with Gasteiger partial charge in [0.25, 0.3) is 0 Å². The molecule has 1 fully saturated rings. The lowest BCUT2D eigenvalue weighted by atomic mass is 9.99. The SMILES string of the molecule is CN1CCCc2cc(CN3CCC(CN)C3)ccc21. The summed E-state index contributed by atoms with van der Waals surface area (Å²) in [4.78, 5) is 4.93. The van der Waals surface area contributed by atoms with Crippen LogP contribution in [0.2, 0.25) is 0 Å². The fourth-order valence-electron chi connectivity index (χ4n) is 3.44. The molecule has 0 aliphatic carbocycles. The van der Waals surface area contributed by atoms with E-state index in [4.69, 9.17) is 5.73 Å². The Morgan fingerprint density at radius 3 is 3.00 bits per heavy atom. The molecule has 3 rings (SSSR count). The van der Waals surface area contributed by atoms with Gasteiger partial charge in [-0.15, -0.1) is 0 Å². The first-order chi connectivity index (χ1) is 9.26. The van der Waals surface area contributed by atoms with E-state index in [1.165, 1.54) is 55.7 Å². The van der Waals surface area contributed by atoms with Crippen LogP contribution in [-0.2, 0) is 13.0 Å². The molecule has 104 valence electrons. The number of likely N-dealkylation sites (tertiary alicyclic amines) is 1. The standard InChI is InChI=1S/C16H25N3/c1-18-7-2-3-15-9-13(4-5-16(15)18)11-19-8-6-14(10-17)12-19/h4-5,9,14H,2-3,6-8,10-12,17H2,1H3. The van der Waals surface area contributed by atoms with E-state index < -0.39 is 0 Å². The Morgan fingerprint density at radius 2 is 2.21 bits per heavy atom. The Kier molecular flexibility index (Phi) is 3.76. The van der Waals surface area contributed by atoms with Crippen LogP contribution < -0.4 is 10.6 Å². The number of nitrogens with zero attached hydrogens (tertiary/aromatic N) is 2. The van der Waals surface area contributed by atoms with Gasteiger partial charge in [-0.05, 0) is 55.5 Å². The van der Waals surface area contributed by atoms with Gasteiger partial charge in [0.1, 0.15) is 0 Å². The molecule has 0 radical (unpaired) electrons. The topological polar surface area (TPSA) is 32.5 Å². The van der Waals surface area contributed by atoms with Crippen LogP contribution in [-0.4, -0.2) is 38.1 Å². The minimum Gasteiger partial charge on any atom is -0.374 e. The molecule has 2 N–H and O–H groups in total. The maximum atomic E-state index is 5.76. The van der Waals surface area contributed by atoms with E-state index in [2.05, 4.69) is 35.0 Å². The number of benzene rings is 1. The summed E-state index contributed by atoms with van der Waals surface area (Å²) in [5.41, 5.74) is 10.2. The van der Waals surface area contributed by atoms with E-state index in [-0.39, 0.29) is 0 Å². The molecule has 2 heterocycles. The third kappa shape index (κ3) is 2.77. The van der Waals surface area contributed by atoms with Crippen LogP contribution >= 0.6 is 0 Å². The molecule has 2 aliphatic heterocycles. The fraction of sp³-hybridized carbons (Fsp3) is 0.625. The quantitative estimate of drug-likeness (QED) is 0.899. The largest absolute Gasteiger partial charge is 0.374 e. The Labute approximate surface area is 116 Å². The van der Waals surface area contributed by atoms with Crippen LogP contribution in [0.1, 0.15) is 24.0 Å². The summed E-state index contributed by atoms with van der Waals surface area (Å²) in [7, 11) is 2.20. The van der Waals surface area contributed by atoms with E-state index in [1.54, 1.807) is 0 Å². The van der Waals surface area contributed by atoms with Crippen LogP contribution in [0.15, 0.2) is 18.2 Å². The predicted molar refractivity (Wildman–Crippen MR) is 80.5 cm³/mol. The lowest BCUT2D eigenvalue weighted by Crippen LogP contribution is -2.25.